The number of carbonyl (C=O) groups is 1. The Labute approximate surface area is 84.9 Å². The highest BCUT2D eigenvalue weighted by Gasteiger charge is 2.25. The topological polar surface area (TPSA) is 47.6 Å². The zero-order valence-corrected chi connectivity index (χ0v) is 9.13. The summed E-state index contributed by atoms with van der Waals surface area (Å²) in [6.07, 6.45) is 2.78. The van der Waals surface area contributed by atoms with E-state index in [1.165, 1.54) is 0 Å². The molecule has 0 saturated carbocycles. The molecule has 14 heavy (non-hydrogen) atoms. The lowest BCUT2D eigenvalue weighted by Crippen LogP contribution is -2.40. The van der Waals surface area contributed by atoms with Gasteiger partial charge in [0.2, 0.25) is 0 Å². The fourth-order valence-electron chi connectivity index (χ4n) is 1.28. The molecule has 0 bridgehead atoms. The van der Waals surface area contributed by atoms with Crippen molar-refractivity contribution in [1.82, 2.24) is 5.48 Å². The van der Waals surface area contributed by atoms with Gasteiger partial charge in [-0.3, -0.25) is 4.79 Å². The van der Waals surface area contributed by atoms with Crippen molar-refractivity contribution in [2.75, 3.05) is 6.61 Å². The van der Waals surface area contributed by atoms with Crippen molar-refractivity contribution in [2.24, 2.45) is 0 Å². The lowest BCUT2D eigenvalue weighted by atomic mass is 10.1. The third-order valence-electron chi connectivity index (χ3n) is 1.91. The molecule has 0 aromatic rings. The molecule has 0 aliphatic carbocycles. The van der Waals surface area contributed by atoms with E-state index in [4.69, 9.17) is 9.57 Å². The average molecular weight is 201 g/mol. The van der Waals surface area contributed by atoms with Crippen LogP contribution in [0.1, 0.15) is 40.0 Å². The minimum absolute atomic E-state index is 0.223. The van der Waals surface area contributed by atoms with Gasteiger partial charge < -0.3 is 9.57 Å². The molecule has 1 heterocycles. The molecule has 0 spiro atoms. The van der Waals surface area contributed by atoms with Crippen LogP contribution in [0, 0.1) is 0 Å². The SMILES string of the molecule is CC(C)(C)OC(=O)C1CCCCON1. The van der Waals surface area contributed by atoms with Gasteiger partial charge in [0.15, 0.2) is 0 Å². The quantitative estimate of drug-likeness (QED) is 0.651. The summed E-state index contributed by atoms with van der Waals surface area (Å²) >= 11 is 0. The Hall–Kier alpha value is -0.610. The maximum absolute atomic E-state index is 11.6. The van der Waals surface area contributed by atoms with E-state index in [0.29, 0.717) is 6.61 Å². The van der Waals surface area contributed by atoms with Crippen LogP contribution in [0.3, 0.4) is 0 Å². The number of carbonyl (C=O) groups excluding carboxylic acids is 1. The second-order valence-electron chi connectivity index (χ2n) is 4.55. The number of esters is 1. The van der Waals surface area contributed by atoms with Crippen molar-refractivity contribution in [2.45, 2.75) is 51.7 Å². The van der Waals surface area contributed by atoms with Crippen LogP contribution in [-0.4, -0.2) is 24.2 Å². The van der Waals surface area contributed by atoms with E-state index in [1.54, 1.807) is 0 Å². The molecule has 1 unspecified atom stereocenters. The fourth-order valence-corrected chi connectivity index (χ4v) is 1.28. The molecule has 1 rings (SSSR count). The monoisotopic (exact) mass is 201 g/mol. The minimum atomic E-state index is -0.426. The number of hydrogen-bond donors (Lipinski definition) is 1. The predicted molar refractivity (Wildman–Crippen MR) is 52.6 cm³/mol. The average Bonchev–Trinajstić information content (AvgIpc) is 2.27. The molecular weight excluding hydrogens is 182 g/mol. The van der Waals surface area contributed by atoms with E-state index in [0.717, 1.165) is 19.3 Å². The third kappa shape index (κ3) is 4.07. The second-order valence-corrected chi connectivity index (χ2v) is 4.55. The molecule has 82 valence electrons. The van der Waals surface area contributed by atoms with Gasteiger partial charge in [-0.15, -0.1) is 0 Å². The summed E-state index contributed by atoms with van der Waals surface area (Å²) in [6.45, 7) is 6.26. The van der Waals surface area contributed by atoms with E-state index in [1.807, 2.05) is 20.8 Å². The number of hydrogen-bond acceptors (Lipinski definition) is 4. The Morgan fingerprint density at radius 3 is 2.79 bits per heavy atom. The number of nitrogens with one attached hydrogen (secondary N) is 1. The molecule has 1 atom stereocenters. The summed E-state index contributed by atoms with van der Waals surface area (Å²) < 4.78 is 5.25. The minimum Gasteiger partial charge on any atom is -0.459 e. The second kappa shape index (κ2) is 4.75. The lowest BCUT2D eigenvalue weighted by Gasteiger charge is -2.23. The first-order chi connectivity index (χ1) is 6.49. The summed E-state index contributed by atoms with van der Waals surface area (Å²) in [6, 6.07) is -0.309. The molecule has 0 aromatic carbocycles. The molecule has 4 heteroatoms. The Bertz CT molecular complexity index is 190. The first-order valence-corrected chi connectivity index (χ1v) is 5.09. The van der Waals surface area contributed by atoms with E-state index >= 15 is 0 Å². The van der Waals surface area contributed by atoms with Crippen LogP contribution in [0.2, 0.25) is 0 Å². The largest absolute Gasteiger partial charge is 0.459 e. The van der Waals surface area contributed by atoms with Crippen LogP contribution >= 0.6 is 0 Å². The first-order valence-electron chi connectivity index (χ1n) is 5.09. The van der Waals surface area contributed by atoms with Crippen molar-refractivity contribution >= 4 is 5.97 Å². The summed E-state index contributed by atoms with van der Waals surface area (Å²) in [4.78, 5) is 16.7. The Kier molecular flexibility index (Phi) is 3.89. The highest BCUT2D eigenvalue weighted by atomic mass is 16.7. The van der Waals surface area contributed by atoms with Crippen molar-refractivity contribution in [1.29, 1.82) is 0 Å². The molecule has 0 amide bonds. The zero-order valence-electron chi connectivity index (χ0n) is 9.13. The van der Waals surface area contributed by atoms with Crippen molar-refractivity contribution < 1.29 is 14.4 Å². The van der Waals surface area contributed by atoms with Gasteiger partial charge in [0, 0.05) is 0 Å². The van der Waals surface area contributed by atoms with Crippen molar-refractivity contribution in [3.05, 3.63) is 0 Å². The summed E-state index contributed by atoms with van der Waals surface area (Å²) in [5, 5.41) is 0. The standard InChI is InChI=1S/C10H19NO3/c1-10(2,3)14-9(12)8-6-4-5-7-13-11-8/h8,11H,4-7H2,1-3H3. The third-order valence-corrected chi connectivity index (χ3v) is 1.91. The molecule has 4 nitrogen and oxygen atoms in total. The van der Waals surface area contributed by atoms with Gasteiger partial charge in [-0.25, -0.2) is 0 Å². The number of rotatable bonds is 1. The molecule has 1 aliphatic heterocycles. The number of hydroxylamine groups is 1. The molecule has 0 radical (unpaired) electrons. The molecule has 1 N–H and O–H groups in total. The van der Waals surface area contributed by atoms with Gasteiger partial charge in [0.1, 0.15) is 11.6 Å². The Morgan fingerprint density at radius 2 is 2.14 bits per heavy atom. The molecule has 1 fully saturated rings. The molecular formula is C10H19NO3. The summed E-state index contributed by atoms with van der Waals surface area (Å²) in [7, 11) is 0. The lowest BCUT2D eigenvalue weighted by molar-refractivity contribution is -0.161. The van der Waals surface area contributed by atoms with Gasteiger partial charge in [0.05, 0.1) is 6.61 Å². The summed E-state index contributed by atoms with van der Waals surface area (Å²) in [5.74, 6) is -0.223. The van der Waals surface area contributed by atoms with E-state index in [2.05, 4.69) is 5.48 Å². The maximum Gasteiger partial charge on any atom is 0.325 e. The van der Waals surface area contributed by atoms with Gasteiger partial charge in [-0.05, 0) is 40.0 Å². The van der Waals surface area contributed by atoms with E-state index in [9.17, 15) is 4.79 Å². The van der Waals surface area contributed by atoms with Gasteiger partial charge in [0.25, 0.3) is 0 Å². The van der Waals surface area contributed by atoms with E-state index < -0.39 is 5.60 Å². The highest BCUT2D eigenvalue weighted by molar-refractivity contribution is 5.76. The van der Waals surface area contributed by atoms with Crippen LogP contribution in [-0.2, 0) is 14.4 Å². The van der Waals surface area contributed by atoms with Crippen LogP contribution in [0.25, 0.3) is 0 Å². The van der Waals surface area contributed by atoms with E-state index in [-0.39, 0.29) is 12.0 Å². The predicted octanol–water partition coefficient (Wildman–Crippen LogP) is 1.40. The normalized spacial score (nSPS) is 24.1. The van der Waals surface area contributed by atoms with Crippen LogP contribution < -0.4 is 5.48 Å². The first kappa shape index (κ1) is 11.5. The Morgan fingerprint density at radius 1 is 1.43 bits per heavy atom. The maximum atomic E-state index is 11.6. The van der Waals surface area contributed by atoms with Crippen molar-refractivity contribution in [3.63, 3.8) is 0 Å². The van der Waals surface area contributed by atoms with Crippen LogP contribution in [0.5, 0.6) is 0 Å². The smallest absolute Gasteiger partial charge is 0.325 e. The van der Waals surface area contributed by atoms with Gasteiger partial charge in [-0.2, -0.15) is 5.48 Å². The number of ether oxygens (including phenoxy) is 1. The fraction of sp³-hybridized carbons (Fsp3) is 0.900. The summed E-state index contributed by atoms with van der Waals surface area (Å²) in [5.41, 5.74) is 2.30. The van der Waals surface area contributed by atoms with Crippen molar-refractivity contribution in [3.8, 4) is 0 Å². The van der Waals surface area contributed by atoms with Gasteiger partial charge >= 0.3 is 5.97 Å². The molecule has 1 saturated heterocycles. The molecule has 0 aromatic heterocycles. The Balaban J connectivity index is 2.42. The van der Waals surface area contributed by atoms with Crippen LogP contribution in [0.4, 0.5) is 0 Å². The molecule has 1 aliphatic rings. The van der Waals surface area contributed by atoms with Crippen LogP contribution in [0.15, 0.2) is 0 Å². The zero-order chi connectivity index (χ0) is 10.6. The highest BCUT2D eigenvalue weighted by Crippen LogP contribution is 2.12. The van der Waals surface area contributed by atoms with Gasteiger partial charge in [-0.1, -0.05) is 0 Å².